The number of ether oxygens (including phenoxy) is 2. The van der Waals surface area contributed by atoms with Crippen molar-refractivity contribution in [1.29, 1.82) is 0 Å². The molecule has 6 rings (SSSR count). The Bertz CT molecular complexity index is 1360. The van der Waals surface area contributed by atoms with E-state index >= 15 is 0 Å². The van der Waals surface area contributed by atoms with Gasteiger partial charge in [-0.15, -0.1) is 0 Å². The van der Waals surface area contributed by atoms with Gasteiger partial charge in [0.25, 0.3) is 17.0 Å². The van der Waals surface area contributed by atoms with Crippen LogP contribution in [0.2, 0.25) is 5.15 Å². The van der Waals surface area contributed by atoms with Crippen LogP contribution in [0.15, 0.2) is 33.9 Å². The number of hydrogen-bond donors (Lipinski definition) is 1. The zero-order valence-electron chi connectivity index (χ0n) is 18.6. The van der Waals surface area contributed by atoms with Gasteiger partial charge in [0.2, 0.25) is 5.75 Å². The summed E-state index contributed by atoms with van der Waals surface area (Å²) in [5, 5.41) is 4.72. The molecule has 3 aliphatic rings. The Morgan fingerprint density at radius 3 is 2.62 bits per heavy atom. The molecule has 34 heavy (non-hydrogen) atoms. The Morgan fingerprint density at radius 1 is 1.03 bits per heavy atom. The molecule has 0 unspecified atom stereocenters. The lowest BCUT2D eigenvalue weighted by molar-refractivity contribution is 0.161. The zero-order valence-corrected chi connectivity index (χ0v) is 19.3. The highest BCUT2D eigenvalue weighted by Crippen LogP contribution is 2.34. The third-order valence-electron chi connectivity index (χ3n) is 6.83. The summed E-state index contributed by atoms with van der Waals surface area (Å²) in [4.78, 5) is 36.1. The summed E-state index contributed by atoms with van der Waals surface area (Å²) < 4.78 is 14.5. The van der Waals surface area contributed by atoms with Crippen molar-refractivity contribution in [3.8, 4) is 11.6 Å². The number of piperidine rings is 1. The van der Waals surface area contributed by atoms with Crippen molar-refractivity contribution in [3.63, 3.8) is 0 Å². The van der Waals surface area contributed by atoms with Crippen LogP contribution in [0.25, 0.3) is 11.0 Å². The van der Waals surface area contributed by atoms with E-state index in [0.29, 0.717) is 49.8 Å². The second-order valence-electron chi connectivity index (χ2n) is 8.97. The van der Waals surface area contributed by atoms with Crippen LogP contribution in [0.4, 0.5) is 0 Å². The monoisotopic (exact) mass is 484 g/mol. The maximum atomic E-state index is 12.6. The highest BCUT2D eigenvalue weighted by Gasteiger charge is 2.29. The third kappa shape index (κ3) is 3.85. The van der Waals surface area contributed by atoms with Crippen molar-refractivity contribution in [3.05, 3.63) is 56.0 Å². The molecule has 0 aliphatic carbocycles. The van der Waals surface area contributed by atoms with Crippen LogP contribution in [0, 0.1) is 0 Å². The third-order valence-corrected chi connectivity index (χ3v) is 7.08. The summed E-state index contributed by atoms with van der Waals surface area (Å²) in [6.45, 7) is 4.50. The predicted molar refractivity (Wildman–Crippen MR) is 126 cm³/mol. The van der Waals surface area contributed by atoms with Crippen molar-refractivity contribution < 1.29 is 9.47 Å². The minimum Gasteiger partial charge on any atom is -0.482 e. The number of likely N-dealkylation sites (tertiary alicyclic amines) is 1. The lowest BCUT2D eigenvalue weighted by Crippen LogP contribution is -2.44. The van der Waals surface area contributed by atoms with Gasteiger partial charge >= 0.3 is 0 Å². The molecule has 1 saturated heterocycles. The Hall–Kier alpha value is -2.95. The van der Waals surface area contributed by atoms with E-state index in [-0.39, 0.29) is 22.3 Å². The van der Waals surface area contributed by atoms with Crippen molar-refractivity contribution >= 4 is 22.6 Å². The molecule has 0 spiro atoms. The lowest BCUT2D eigenvalue weighted by atomic mass is 10.0. The van der Waals surface area contributed by atoms with Crippen molar-refractivity contribution in [2.75, 3.05) is 32.8 Å². The number of halogens is 1. The first-order chi connectivity index (χ1) is 16.6. The lowest BCUT2D eigenvalue weighted by Gasteiger charge is -2.34. The molecule has 0 aromatic carbocycles. The number of fused-ring (bicyclic) bond motifs is 1. The molecule has 3 aliphatic heterocycles. The fourth-order valence-corrected chi connectivity index (χ4v) is 5.40. The van der Waals surface area contributed by atoms with Gasteiger partial charge in [0.1, 0.15) is 24.7 Å². The van der Waals surface area contributed by atoms with Crippen LogP contribution >= 0.6 is 11.6 Å². The molecular weight excluding hydrogens is 460 g/mol. The average molecular weight is 485 g/mol. The van der Waals surface area contributed by atoms with Crippen LogP contribution in [-0.2, 0) is 13.1 Å². The topological polar surface area (TPSA) is 104 Å². The fraction of sp³-hybridized carbons (Fsp3) is 0.478. The molecule has 1 atom stereocenters. The molecule has 0 radical (unpaired) electrons. The minimum atomic E-state index is -0.0567. The van der Waals surface area contributed by atoms with Gasteiger partial charge in [-0.1, -0.05) is 11.6 Å². The van der Waals surface area contributed by atoms with E-state index in [0.717, 1.165) is 43.5 Å². The Kier molecular flexibility index (Phi) is 5.51. The summed E-state index contributed by atoms with van der Waals surface area (Å²) in [7, 11) is 0. The molecule has 3 aromatic heterocycles. The van der Waals surface area contributed by atoms with E-state index in [4.69, 9.17) is 21.1 Å². The van der Waals surface area contributed by atoms with Gasteiger partial charge in [0, 0.05) is 36.7 Å². The number of aromatic nitrogens is 4. The summed E-state index contributed by atoms with van der Waals surface area (Å²) in [6, 6.07) is 7.06. The van der Waals surface area contributed by atoms with Crippen LogP contribution in [-0.4, -0.2) is 62.9 Å². The van der Waals surface area contributed by atoms with Gasteiger partial charge in [0.15, 0.2) is 5.15 Å². The number of rotatable bonds is 5. The van der Waals surface area contributed by atoms with Gasteiger partial charge in [-0.2, -0.15) is 4.98 Å². The first-order valence-corrected chi connectivity index (χ1v) is 12.0. The number of hydrogen-bond acceptors (Lipinski definition) is 8. The van der Waals surface area contributed by atoms with Crippen LogP contribution in [0.5, 0.6) is 11.6 Å². The smallest absolute Gasteiger partial charge is 0.262 e. The quantitative estimate of drug-likeness (QED) is 0.539. The predicted octanol–water partition coefficient (Wildman–Crippen LogP) is 1.19. The van der Waals surface area contributed by atoms with Gasteiger partial charge < -0.3 is 19.7 Å². The van der Waals surface area contributed by atoms with Gasteiger partial charge in [-0.25, -0.2) is 4.98 Å². The summed E-state index contributed by atoms with van der Waals surface area (Å²) in [5.74, 6) is 1.40. The van der Waals surface area contributed by atoms with Crippen LogP contribution in [0.3, 0.4) is 0 Å². The molecule has 10 nitrogen and oxygen atoms in total. The van der Waals surface area contributed by atoms with Crippen LogP contribution in [0.1, 0.15) is 24.7 Å². The first-order valence-electron chi connectivity index (χ1n) is 11.6. The SMILES string of the molecule is O=c1ccc2ccc(=O)n3c2n1C[C@H]3CN1CCC(NCc2nc(Cl)c3c(n2)OCCO3)CC1. The largest absolute Gasteiger partial charge is 0.482 e. The number of nitrogens with zero attached hydrogens (tertiary/aromatic N) is 5. The minimum absolute atomic E-state index is 0.0379. The first kappa shape index (κ1) is 21.6. The van der Waals surface area contributed by atoms with E-state index in [1.54, 1.807) is 33.4 Å². The van der Waals surface area contributed by atoms with Gasteiger partial charge in [0.05, 0.1) is 12.6 Å². The van der Waals surface area contributed by atoms with E-state index < -0.39 is 0 Å². The average Bonchev–Trinajstić information content (AvgIpc) is 3.24. The van der Waals surface area contributed by atoms with E-state index in [1.165, 1.54) is 0 Å². The number of pyridine rings is 2. The van der Waals surface area contributed by atoms with E-state index in [1.807, 2.05) is 0 Å². The molecular formula is C23H25ClN6O4. The Labute approximate surface area is 200 Å². The molecule has 0 amide bonds. The molecule has 11 heteroatoms. The highest BCUT2D eigenvalue weighted by atomic mass is 35.5. The maximum Gasteiger partial charge on any atom is 0.262 e. The highest BCUT2D eigenvalue weighted by molar-refractivity contribution is 6.31. The molecule has 178 valence electrons. The zero-order chi connectivity index (χ0) is 23.2. The Balaban J connectivity index is 1.07. The molecule has 0 saturated carbocycles. The molecule has 0 bridgehead atoms. The summed E-state index contributed by atoms with van der Waals surface area (Å²) in [5.41, 5.74) is 0.627. The van der Waals surface area contributed by atoms with Crippen molar-refractivity contribution in [2.45, 2.75) is 38.0 Å². The van der Waals surface area contributed by atoms with Gasteiger partial charge in [-0.3, -0.25) is 18.7 Å². The Morgan fingerprint density at radius 2 is 1.79 bits per heavy atom. The fourth-order valence-electron chi connectivity index (χ4n) is 5.17. The molecule has 1 N–H and O–H groups in total. The van der Waals surface area contributed by atoms with Crippen molar-refractivity contribution in [1.82, 2.24) is 29.3 Å². The molecule has 1 fully saturated rings. The summed E-state index contributed by atoms with van der Waals surface area (Å²) in [6.07, 6.45) is 1.94. The van der Waals surface area contributed by atoms with E-state index in [9.17, 15) is 9.59 Å². The van der Waals surface area contributed by atoms with Crippen molar-refractivity contribution in [2.24, 2.45) is 0 Å². The normalized spacial score (nSPS) is 20.2. The second-order valence-corrected chi connectivity index (χ2v) is 9.33. The molecule has 6 heterocycles. The standard InChI is InChI=1S/C23H25ClN6O4/c24-21-20-22(34-10-9-33-20)27-17(26-21)11-25-15-5-7-28(8-6-15)12-16-13-29-18(31)3-1-14-2-4-19(32)30(16)23(14)29/h1-4,15-16,25H,5-13H2/t16-/m1/s1. The summed E-state index contributed by atoms with van der Waals surface area (Å²) >= 11 is 6.22. The van der Waals surface area contributed by atoms with Crippen LogP contribution < -0.4 is 25.9 Å². The van der Waals surface area contributed by atoms with E-state index in [2.05, 4.69) is 20.2 Å². The maximum absolute atomic E-state index is 12.6. The second kappa shape index (κ2) is 8.68. The molecule has 3 aromatic rings. The van der Waals surface area contributed by atoms with Gasteiger partial charge in [-0.05, 0) is 38.1 Å². The number of nitrogens with one attached hydrogen (secondary N) is 1.